The average Bonchev–Trinajstić information content (AvgIpc) is 2.71. The second-order valence-electron chi connectivity index (χ2n) is 6.85. The minimum atomic E-state index is -3.49. The van der Waals surface area contributed by atoms with Gasteiger partial charge in [0.15, 0.2) is 11.5 Å². The summed E-state index contributed by atoms with van der Waals surface area (Å²) >= 11 is 0. The summed E-state index contributed by atoms with van der Waals surface area (Å²) in [6.45, 7) is 1.67. The van der Waals surface area contributed by atoms with E-state index in [0.717, 1.165) is 18.2 Å². The number of rotatable bonds is 9. The van der Waals surface area contributed by atoms with Crippen LogP contribution in [0, 0.1) is 0 Å². The lowest BCUT2D eigenvalue weighted by molar-refractivity contribution is -0.121. The zero-order valence-corrected chi connectivity index (χ0v) is 17.3. The number of carbonyl (C=O) groups is 1. The molecule has 0 saturated heterocycles. The smallest absolute Gasteiger partial charge is 0.232 e. The van der Waals surface area contributed by atoms with Crippen LogP contribution < -0.4 is 19.1 Å². The molecule has 1 N–H and O–H groups in total. The molecule has 2 aromatic rings. The highest BCUT2D eigenvalue weighted by Gasteiger charge is 2.20. The molecule has 2 aromatic carbocycles. The Bertz CT molecular complexity index is 931. The van der Waals surface area contributed by atoms with Crippen molar-refractivity contribution in [1.82, 2.24) is 5.32 Å². The first-order valence-electron chi connectivity index (χ1n) is 9.61. The normalized spacial score (nSPS) is 13.0. The molecule has 1 aliphatic heterocycles. The maximum Gasteiger partial charge on any atom is 0.232 e. The van der Waals surface area contributed by atoms with Gasteiger partial charge in [-0.1, -0.05) is 30.3 Å². The first-order valence-corrected chi connectivity index (χ1v) is 11.5. The minimum Gasteiger partial charge on any atom is -0.486 e. The zero-order valence-electron chi connectivity index (χ0n) is 16.5. The van der Waals surface area contributed by atoms with Crippen molar-refractivity contribution in [3.8, 4) is 11.5 Å². The largest absolute Gasteiger partial charge is 0.486 e. The second-order valence-corrected chi connectivity index (χ2v) is 8.76. The first kappa shape index (κ1) is 21.0. The number of sulfonamides is 1. The van der Waals surface area contributed by atoms with Crippen molar-refractivity contribution < 1.29 is 22.7 Å². The van der Waals surface area contributed by atoms with Gasteiger partial charge >= 0.3 is 0 Å². The van der Waals surface area contributed by atoms with Crippen LogP contribution >= 0.6 is 0 Å². The van der Waals surface area contributed by atoms with E-state index in [1.165, 1.54) is 4.31 Å². The van der Waals surface area contributed by atoms with E-state index in [2.05, 4.69) is 5.32 Å². The van der Waals surface area contributed by atoms with Crippen molar-refractivity contribution in [2.45, 2.75) is 19.3 Å². The summed E-state index contributed by atoms with van der Waals surface area (Å²) in [4.78, 5) is 12.1. The first-order chi connectivity index (χ1) is 13.9. The predicted molar refractivity (Wildman–Crippen MR) is 112 cm³/mol. The maximum atomic E-state index is 12.3. The van der Waals surface area contributed by atoms with E-state index in [0.29, 0.717) is 43.4 Å². The summed E-state index contributed by atoms with van der Waals surface area (Å²) in [5.41, 5.74) is 1.66. The third-order valence-electron chi connectivity index (χ3n) is 4.56. The highest BCUT2D eigenvalue weighted by Crippen LogP contribution is 2.34. The van der Waals surface area contributed by atoms with Gasteiger partial charge in [0.1, 0.15) is 13.2 Å². The SMILES string of the molecule is CS(=O)(=O)N(CCCC(=O)NCCc1ccccc1)c1ccc2c(c1)OCCO2. The van der Waals surface area contributed by atoms with E-state index in [1.807, 2.05) is 30.3 Å². The third-order valence-corrected chi connectivity index (χ3v) is 5.75. The number of anilines is 1. The van der Waals surface area contributed by atoms with Crippen molar-refractivity contribution in [2.24, 2.45) is 0 Å². The lowest BCUT2D eigenvalue weighted by Gasteiger charge is -2.25. The molecular formula is C21H26N2O5S. The summed E-state index contributed by atoms with van der Waals surface area (Å²) in [6, 6.07) is 15.0. The topological polar surface area (TPSA) is 84.9 Å². The summed E-state index contributed by atoms with van der Waals surface area (Å²) < 4.78 is 36.8. The van der Waals surface area contributed by atoms with Gasteiger partial charge < -0.3 is 14.8 Å². The number of benzene rings is 2. The number of hydrogen-bond donors (Lipinski definition) is 1. The van der Waals surface area contributed by atoms with Crippen molar-refractivity contribution in [3.63, 3.8) is 0 Å². The fourth-order valence-corrected chi connectivity index (χ4v) is 4.09. The molecule has 0 spiro atoms. The van der Waals surface area contributed by atoms with Crippen LogP contribution in [0.3, 0.4) is 0 Å². The van der Waals surface area contributed by atoms with Crippen LogP contribution in [0.15, 0.2) is 48.5 Å². The minimum absolute atomic E-state index is 0.0865. The Morgan fingerprint density at radius 3 is 2.52 bits per heavy atom. The number of nitrogens with zero attached hydrogens (tertiary/aromatic N) is 1. The number of ether oxygens (including phenoxy) is 2. The Balaban J connectivity index is 1.51. The molecule has 7 nitrogen and oxygen atoms in total. The van der Waals surface area contributed by atoms with Gasteiger partial charge in [-0.2, -0.15) is 0 Å². The van der Waals surface area contributed by atoms with Gasteiger partial charge in [0.25, 0.3) is 0 Å². The van der Waals surface area contributed by atoms with Gasteiger partial charge in [0.05, 0.1) is 11.9 Å². The fraction of sp³-hybridized carbons (Fsp3) is 0.381. The standard InChI is InChI=1S/C21H26N2O5S/c1-29(25,26)23(18-9-10-19-20(16-18)28-15-14-27-19)13-5-8-21(24)22-12-11-17-6-3-2-4-7-17/h2-4,6-7,9-10,16H,5,8,11-15H2,1H3,(H,22,24). The molecule has 0 bridgehead atoms. The van der Waals surface area contributed by atoms with Crippen LogP contribution in [0.2, 0.25) is 0 Å². The average molecular weight is 419 g/mol. The molecule has 156 valence electrons. The number of nitrogens with one attached hydrogen (secondary N) is 1. The molecule has 0 atom stereocenters. The number of hydrogen-bond acceptors (Lipinski definition) is 5. The molecule has 0 aliphatic carbocycles. The van der Waals surface area contributed by atoms with Gasteiger partial charge in [-0.05, 0) is 30.5 Å². The Kier molecular flexibility index (Phi) is 6.98. The van der Waals surface area contributed by atoms with E-state index in [9.17, 15) is 13.2 Å². The Morgan fingerprint density at radius 2 is 1.79 bits per heavy atom. The molecule has 0 fully saturated rings. The van der Waals surface area contributed by atoms with Crippen LogP contribution in [0.5, 0.6) is 11.5 Å². The van der Waals surface area contributed by atoms with Crippen LogP contribution in [-0.2, 0) is 21.2 Å². The molecule has 3 rings (SSSR count). The lowest BCUT2D eigenvalue weighted by atomic mass is 10.1. The van der Waals surface area contributed by atoms with Gasteiger partial charge in [0.2, 0.25) is 15.9 Å². The molecule has 1 heterocycles. The van der Waals surface area contributed by atoms with Crippen molar-refractivity contribution in [2.75, 3.05) is 36.9 Å². The Labute approximate surface area is 171 Å². The lowest BCUT2D eigenvalue weighted by Crippen LogP contribution is -2.32. The van der Waals surface area contributed by atoms with E-state index in [-0.39, 0.29) is 18.9 Å². The van der Waals surface area contributed by atoms with Gasteiger partial charge in [-0.15, -0.1) is 0 Å². The summed E-state index contributed by atoms with van der Waals surface area (Å²) in [6.07, 6.45) is 2.59. The summed E-state index contributed by atoms with van der Waals surface area (Å²) in [5.74, 6) is 1.05. The molecule has 8 heteroatoms. The van der Waals surface area contributed by atoms with Gasteiger partial charge in [-0.3, -0.25) is 9.10 Å². The van der Waals surface area contributed by atoms with Gasteiger partial charge in [0, 0.05) is 25.6 Å². The molecule has 0 radical (unpaired) electrons. The molecule has 0 saturated carbocycles. The van der Waals surface area contributed by atoms with Gasteiger partial charge in [-0.25, -0.2) is 8.42 Å². The van der Waals surface area contributed by atoms with E-state index >= 15 is 0 Å². The van der Waals surface area contributed by atoms with Crippen molar-refractivity contribution in [3.05, 3.63) is 54.1 Å². The molecule has 0 aromatic heterocycles. The van der Waals surface area contributed by atoms with Crippen molar-refractivity contribution >= 4 is 21.6 Å². The summed E-state index contributed by atoms with van der Waals surface area (Å²) in [5, 5.41) is 2.88. The van der Waals surface area contributed by atoms with Crippen molar-refractivity contribution in [1.29, 1.82) is 0 Å². The van der Waals surface area contributed by atoms with E-state index in [4.69, 9.17) is 9.47 Å². The number of amides is 1. The highest BCUT2D eigenvalue weighted by molar-refractivity contribution is 7.92. The van der Waals surface area contributed by atoms with Crippen LogP contribution in [0.1, 0.15) is 18.4 Å². The Hall–Kier alpha value is -2.74. The molecule has 29 heavy (non-hydrogen) atoms. The van der Waals surface area contributed by atoms with Crippen LogP contribution in [0.4, 0.5) is 5.69 Å². The third kappa shape index (κ3) is 6.12. The highest BCUT2D eigenvalue weighted by atomic mass is 32.2. The monoisotopic (exact) mass is 418 g/mol. The van der Waals surface area contributed by atoms with E-state index in [1.54, 1.807) is 18.2 Å². The second kappa shape index (κ2) is 9.65. The van der Waals surface area contributed by atoms with E-state index < -0.39 is 10.0 Å². The molecule has 1 amide bonds. The number of fused-ring (bicyclic) bond motifs is 1. The predicted octanol–water partition coefficient (Wildman–Crippen LogP) is 2.36. The Morgan fingerprint density at radius 1 is 1.07 bits per heavy atom. The number of carbonyl (C=O) groups excluding carboxylic acids is 1. The van der Waals surface area contributed by atoms with Crippen LogP contribution in [0.25, 0.3) is 0 Å². The molecular weight excluding hydrogens is 392 g/mol. The zero-order chi connectivity index (χ0) is 20.7. The molecule has 0 unspecified atom stereocenters. The maximum absolute atomic E-state index is 12.3. The molecule has 1 aliphatic rings. The van der Waals surface area contributed by atoms with Crippen LogP contribution in [-0.4, -0.2) is 46.9 Å². The summed E-state index contributed by atoms with van der Waals surface area (Å²) in [7, 11) is -3.49. The fourth-order valence-electron chi connectivity index (χ4n) is 3.14. The quantitative estimate of drug-likeness (QED) is 0.676.